The highest BCUT2D eigenvalue weighted by atomic mass is 79.9. The molecule has 2 amide bonds. The zero-order valence-corrected chi connectivity index (χ0v) is 15.1. The molecule has 3 aromatic rings. The first-order valence-electron chi connectivity index (χ1n) is 7.64. The summed E-state index contributed by atoms with van der Waals surface area (Å²) in [7, 11) is 0. The number of hydrogen-bond acceptors (Lipinski definition) is 4. The molecule has 0 unspecified atom stereocenters. The summed E-state index contributed by atoms with van der Waals surface area (Å²) in [4.78, 5) is 23.0. The van der Waals surface area contributed by atoms with Crippen molar-refractivity contribution in [3.8, 4) is 11.4 Å². The van der Waals surface area contributed by atoms with Gasteiger partial charge in [-0.15, -0.1) is 0 Å². The van der Waals surface area contributed by atoms with Crippen LogP contribution >= 0.6 is 15.9 Å². The number of nitrogens with zero attached hydrogens (tertiary/aromatic N) is 2. The number of nitrogens with one attached hydrogen (secondary N) is 1. The SMILES string of the molecule is NC(=O)COc1ccc(NC(=O)c2ccc(-n3cc(Br)cn3)cc2)cc1. The Morgan fingerprint density at radius 3 is 2.38 bits per heavy atom. The first-order chi connectivity index (χ1) is 12.5. The average Bonchev–Trinajstić information content (AvgIpc) is 3.07. The van der Waals surface area contributed by atoms with Gasteiger partial charge < -0.3 is 15.8 Å². The van der Waals surface area contributed by atoms with Gasteiger partial charge in [-0.2, -0.15) is 5.10 Å². The van der Waals surface area contributed by atoms with Crippen LogP contribution < -0.4 is 15.8 Å². The van der Waals surface area contributed by atoms with E-state index >= 15 is 0 Å². The van der Waals surface area contributed by atoms with Gasteiger partial charge in [-0.05, 0) is 64.5 Å². The summed E-state index contributed by atoms with van der Waals surface area (Å²) in [6, 6.07) is 13.8. The van der Waals surface area contributed by atoms with Crippen molar-refractivity contribution in [1.82, 2.24) is 9.78 Å². The molecule has 0 bridgehead atoms. The number of carbonyl (C=O) groups excluding carboxylic acids is 2. The number of primary amides is 1. The smallest absolute Gasteiger partial charge is 0.255 e. The van der Waals surface area contributed by atoms with E-state index in [1.54, 1.807) is 47.3 Å². The molecule has 0 fully saturated rings. The van der Waals surface area contributed by atoms with Gasteiger partial charge in [0.1, 0.15) is 5.75 Å². The van der Waals surface area contributed by atoms with Gasteiger partial charge in [0, 0.05) is 17.4 Å². The molecule has 0 aliphatic heterocycles. The van der Waals surface area contributed by atoms with Gasteiger partial charge in [-0.25, -0.2) is 4.68 Å². The maximum atomic E-state index is 12.3. The number of anilines is 1. The van der Waals surface area contributed by atoms with Crippen LogP contribution in [-0.2, 0) is 4.79 Å². The Balaban J connectivity index is 1.63. The Morgan fingerprint density at radius 2 is 1.81 bits per heavy atom. The van der Waals surface area contributed by atoms with Gasteiger partial charge in [0.25, 0.3) is 11.8 Å². The first kappa shape index (κ1) is 17.7. The molecule has 0 aliphatic carbocycles. The second kappa shape index (κ2) is 7.83. The second-order valence-electron chi connectivity index (χ2n) is 5.38. The number of benzene rings is 2. The molecule has 1 heterocycles. The Hall–Kier alpha value is -3.13. The lowest BCUT2D eigenvalue weighted by Crippen LogP contribution is -2.20. The molecule has 0 spiro atoms. The van der Waals surface area contributed by atoms with Crippen LogP contribution in [-0.4, -0.2) is 28.2 Å². The van der Waals surface area contributed by atoms with Crippen LogP contribution in [0.2, 0.25) is 0 Å². The molecule has 3 rings (SSSR count). The highest BCUT2D eigenvalue weighted by Gasteiger charge is 2.07. The number of hydrogen-bond donors (Lipinski definition) is 2. The molecule has 0 saturated heterocycles. The number of rotatable bonds is 6. The van der Waals surface area contributed by atoms with Gasteiger partial charge in [-0.3, -0.25) is 9.59 Å². The van der Waals surface area contributed by atoms with Crippen LogP contribution in [0, 0.1) is 0 Å². The van der Waals surface area contributed by atoms with Crippen LogP contribution in [0.25, 0.3) is 5.69 Å². The molecule has 8 heteroatoms. The summed E-state index contributed by atoms with van der Waals surface area (Å²) >= 11 is 3.35. The summed E-state index contributed by atoms with van der Waals surface area (Å²) < 4.78 is 7.75. The Labute approximate surface area is 157 Å². The summed E-state index contributed by atoms with van der Waals surface area (Å²) in [5, 5.41) is 6.99. The van der Waals surface area contributed by atoms with Crippen molar-refractivity contribution in [3.63, 3.8) is 0 Å². The molecular formula is C18H15BrN4O3. The largest absolute Gasteiger partial charge is 0.484 e. The molecule has 7 nitrogen and oxygen atoms in total. The molecule has 0 atom stereocenters. The Kier molecular flexibility index (Phi) is 5.33. The predicted molar refractivity (Wildman–Crippen MR) is 100 cm³/mol. The summed E-state index contributed by atoms with van der Waals surface area (Å²) in [6.45, 7) is -0.190. The van der Waals surface area contributed by atoms with E-state index in [4.69, 9.17) is 10.5 Å². The molecule has 2 aromatic carbocycles. The lowest BCUT2D eigenvalue weighted by Gasteiger charge is -2.08. The maximum Gasteiger partial charge on any atom is 0.255 e. The fraction of sp³-hybridized carbons (Fsp3) is 0.0556. The van der Waals surface area contributed by atoms with Crippen molar-refractivity contribution < 1.29 is 14.3 Å². The van der Waals surface area contributed by atoms with E-state index in [1.807, 2.05) is 18.3 Å². The van der Waals surface area contributed by atoms with Crippen molar-refractivity contribution in [3.05, 3.63) is 71.0 Å². The number of nitrogens with two attached hydrogens (primary N) is 1. The fourth-order valence-corrected chi connectivity index (χ4v) is 2.49. The van der Waals surface area contributed by atoms with Gasteiger partial charge >= 0.3 is 0 Å². The first-order valence-corrected chi connectivity index (χ1v) is 8.44. The number of aromatic nitrogens is 2. The van der Waals surface area contributed by atoms with Crippen molar-refractivity contribution in [2.75, 3.05) is 11.9 Å². The van der Waals surface area contributed by atoms with Crippen LogP contribution in [0.15, 0.2) is 65.4 Å². The van der Waals surface area contributed by atoms with Crippen molar-refractivity contribution in [2.24, 2.45) is 5.73 Å². The molecule has 132 valence electrons. The average molecular weight is 415 g/mol. The Morgan fingerprint density at radius 1 is 1.12 bits per heavy atom. The Bertz CT molecular complexity index is 920. The zero-order chi connectivity index (χ0) is 18.5. The number of amides is 2. The highest BCUT2D eigenvalue weighted by Crippen LogP contribution is 2.17. The third kappa shape index (κ3) is 4.48. The minimum absolute atomic E-state index is 0.190. The van der Waals surface area contributed by atoms with Crippen LogP contribution in [0.1, 0.15) is 10.4 Å². The minimum Gasteiger partial charge on any atom is -0.484 e. The predicted octanol–water partition coefficient (Wildman–Crippen LogP) is 2.75. The van der Waals surface area contributed by atoms with Crippen LogP contribution in [0.3, 0.4) is 0 Å². The number of ether oxygens (including phenoxy) is 1. The normalized spacial score (nSPS) is 10.3. The molecule has 3 N–H and O–H groups in total. The topological polar surface area (TPSA) is 99.2 Å². The summed E-state index contributed by atoms with van der Waals surface area (Å²) in [5.74, 6) is -0.283. The van der Waals surface area contributed by atoms with E-state index in [0.29, 0.717) is 17.0 Å². The summed E-state index contributed by atoms with van der Waals surface area (Å²) in [6.07, 6.45) is 3.52. The molecule has 1 aromatic heterocycles. The van der Waals surface area contributed by atoms with E-state index in [0.717, 1.165) is 10.2 Å². The van der Waals surface area contributed by atoms with Crippen LogP contribution in [0.4, 0.5) is 5.69 Å². The maximum absolute atomic E-state index is 12.3. The van der Waals surface area contributed by atoms with Gasteiger partial charge in [-0.1, -0.05) is 0 Å². The van der Waals surface area contributed by atoms with Gasteiger partial charge in [0.15, 0.2) is 6.61 Å². The van der Waals surface area contributed by atoms with E-state index in [1.165, 1.54) is 0 Å². The second-order valence-corrected chi connectivity index (χ2v) is 6.30. The lowest BCUT2D eigenvalue weighted by atomic mass is 10.2. The van der Waals surface area contributed by atoms with E-state index in [9.17, 15) is 9.59 Å². The molecule has 0 saturated carbocycles. The molecule has 0 radical (unpaired) electrons. The third-order valence-corrected chi connectivity index (χ3v) is 3.85. The number of carbonyl (C=O) groups is 2. The van der Waals surface area contributed by atoms with Crippen molar-refractivity contribution >= 4 is 33.4 Å². The number of halogens is 1. The van der Waals surface area contributed by atoms with Crippen LogP contribution in [0.5, 0.6) is 5.75 Å². The van der Waals surface area contributed by atoms with Crippen molar-refractivity contribution in [2.45, 2.75) is 0 Å². The quantitative estimate of drug-likeness (QED) is 0.647. The van der Waals surface area contributed by atoms with Crippen molar-refractivity contribution in [1.29, 1.82) is 0 Å². The van der Waals surface area contributed by atoms with Gasteiger partial charge in [0.05, 0.1) is 16.4 Å². The highest BCUT2D eigenvalue weighted by molar-refractivity contribution is 9.10. The van der Waals surface area contributed by atoms with E-state index in [-0.39, 0.29) is 12.5 Å². The minimum atomic E-state index is -0.548. The fourth-order valence-electron chi connectivity index (χ4n) is 2.20. The van der Waals surface area contributed by atoms with E-state index < -0.39 is 5.91 Å². The van der Waals surface area contributed by atoms with Gasteiger partial charge in [0.2, 0.25) is 0 Å². The van der Waals surface area contributed by atoms with E-state index in [2.05, 4.69) is 26.3 Å². The zero-order valence-electron chi connectivity index (χ0n) is 13.6. The third-order valence-electron chi connectivity index (χ3n) is 3.44. The monoisotopic (exact) mass is 414 g/mol. The molecule has 26 heavy (non-hydrogen) atoms. The molecular weight excluding hydrogens is 400 g/mol. The lowest BCUT2D eigenvalue weighted by molar-refractivity contribution is -0.119. The molecule has 0 aliphatic rings. The standard InChI is InChI=1S/C18H15BrN4O3/c19-13-9-21-23(10-13)15-5-1-12(2-6-15)18(25)22-14-3-7-16(8-4-14)26-11-17(20)24/h1-10H,11H2,(H2,20,24)(H,22,25). The summed E-state index contributed by atoms with van der Waals surface area (Å²) in [5.41, 5.74) is 7.01.